The molecular formula is C16H17NOS. The third-order valence-corrected chi connectivity index (χ3v) is 3.30. The number of thiol groups is 1. The number of aryl methyl sites for hydroxylation is 1. The number of carbonyl (C=O) groups excluding carboxylic acids is 1. The smallest absolute Gasteiger partial charge is 0.253 e. The monoisotopic (exact) mass is 271 g/mol. The lowest BCUT2D eigenvalue weighted by atomic mass is 10.1. The van der Waals surface area contributed by atoms with E-state index in [1.807, 2.05) is 19.2 Å². The second kappa shape index (κ2) is 5.93. The van der Waals surface area contributed by atoms with Crippen LogP contribution in [0.15, 0.2) is 53.4 Å². The summed E-state index contributed by atoms with van der Waals surface area (Å²) in [5.74, 6) is 0.0221. The van der Waals surface area contributed by atoms with Crippen molar-refractivity contribution >= 4 is 18.5 Å². The third-order valence-electron chi connectivity index (χ3n) is 3.00. The van der Waals surface area contributed by atoms with Crippen LogP contribution in [-0.2, 0) is 6.54 Å². The number of rotatable bonds is 3. The van der Waals surface area contributed by atoms with Crippen LogP contribution in [0.25, 0.3) is 0 Å². The lowest BCUT2D eigenvalue weighted by molar-refractivity contribution is 0.0785. The minimum Gasteiger partial charge on any atom is -0.337 e. The summed E-state index contributed by atoms with van der Waals surface area (Å²) < 4.78 is 0. The van der Waals surface area contributed by atoms with Crippen molar-refractivity contribution in [2.24, 2.45) is 0 Å². The maximum atomic E-state index is 12.2. The molecule has 98 valence electrons. The van der Waals surface area contributed by atoms with Gasteiger partial charge in [-0.1, -0.05) is 29.8 Å². The molecule has 0 bridgehead atoms. The van der Waals surface area contributed by atoms with Crippen molar-refractivity contribution in [3.05, 3.63) is 65.2 Å². The van der Waals surface area contributed by atoms with Gasteiger partial charge in [-0.3, -0.25) is 4.79 Å². The maximum absolute atomic E-state index is 12.2. The van der Waals surface area contributed by atoms with Gasteiger partial charge in [0.1, 0.15) is 0 Å². The van der Waals surface area contributed by atoms with Crippen LogP contribution in [0, 0.1) is 6.92 Å². The van der Waals surface area contributed by atoms with E-state index in [0.717, 1.165) is 10.5 Å². The van der Waals surface area contributed by atoms with Gasteiger partial charge in [0.25, 0.3) is 5.91 Å². The van der Waals surface area contributed by atoms with E-state index in [4.69, 9.17) is 0 Å². The molecule has 2 nitrogen and oxygen atoms in total. The van der Waals surface area contributed by atoms with Crippen LogP contribution in [0.1, 0.15) is 21.5 Å². The molecule has 0 spiro atoms. The summed E-state index contributed by atoms with van der Waals surface area (Å²) in [6.45, 7) is 2.67. The first-order valence-corrected chi connectivity index (χ1v) is 6.61. The van der Waals surface area contributed by atoms with Crippen LogP contribution >= 0.6 is 12.6 Å². The van der Waals surface area contributed by atoms with E-state index in [1.54, 1.807) is 17.0 Å². The van der Waals surface area contributed by atoms with Gasteiger partial charge in [-0.2, -0.15) is 0 Å². The molecule has 0 fully saturated rings. The largest absolute Gasteiger partial charge is 0.337 e. The lowest BCUT2D eigenvalue weighted by Crippen LogP contribution is -2.26. The van der Waals surface area contributed by atoms with Gasteiger partial charge in [0, 0.05) is 24.1 Å². The third kappa shape index (κ3) is 3.61. The molecule has 2 aromatic rings. The second-order valence-electron chi connectivity index (χ2n) is 4.69. The van der Waals surface area contributed by atoms with Crippen LogP contribution in [0.4, 0.5) is 0 Å². The van der Waals surface area contributed by atoms with Gasteiger partial charge in [0.05, 0.1) is 0 Å². The molecule has 2 rings (SSSR count). The quantitative estimate of drug-likeness (QED) is 0.846. The molecule has 2 aromatic carbocycles. The minimum absolute atomic E-state index is 0.0221. The highest BCUT2D eigenvalue weighted by molar-refractivity contribution is 7.80. The van der Waals surface area contributed by atoms with Crippen molar-refractivity contribution in [1.82, 2.24) is 4.90 Å². The Bertz CT molecular complexity index is 560. The fourth-order valence-electron chi connectivity index (χ4n) is 1.86. The highest BCUT2D eigenvalue weighted by atomic mass is 32.1. The Balaban J connectivity index is 2.07. The number of hydrogen-bond acceptors (Lipinski definition) is 2. The summed E-state index contributed by atoms with van der Waals surface area (Å²) in [5, 5.41) is 0. The van der Waals surface area contributed by atoms with Gasteiger partial charge in [-0.15, -0.1) is 12.6 Å². The molecule has 0 aliphatic heterocycles. The summed E-state index contributed by atoms with van der Waals surface area (Å²) in [7, 11) is 1.82. The Labute approximate surface area is 119 Å². The van der Waals surface area contributed by atoms with Crippen LogP contribution < -0.4 is 0 Å². The highest BCUT2D eigenvalue weighted by Crippen LogP contribution is 2.12. The molecule has 0 radical (unpaired) electrons. The molecule has 19 heavy (non-hydrogen) atoms. The first kappa shape index (κ1) is 13.7. The van der Waals surface area contributed by atoms with E-state index < -0.39 is 0 Å². The summed E-state index contributed by atoms with van der Waals surface area (Å²) in [6, 6.07) is 15.5. The zero-order chi connectivity index (χ0) is 13.8. The molecule has 0 unspecified atom stereocenters. The maximum Gasteiger partial charge on any atom is 0.253 e. The van der Waals surface area contributed by atoms with Crippen LogP contribution in [-0.4, -0.2) is 17.9 Å². The SMILES string of the molecule is Cc1ccc(CN(C)C(=O)c2ccc(S)cc2)cc1. The molecule has 0 saturated heterocycles. The number of nitrogens with zero attached hydrogens (tertiary/aromatic N) is 1. The second-order valence-corrected chi connectivity index (χ2v) is 5.21. The first-order valence-electron chi connectivity index (χ1n) is 6.16. The molecule has 0 atom stereocenters. The normalized spacial score (nSPS) is 10.3. The van der Waals surface area contributed by atoms with E-state index in [1.165, 1.54) is 5.56 Å². The Morgan fingerprint density at radius 3 is 2.21 bits per heavy atom. The standard InChI is InChI=1S/C16H17NOS/c1-12-3-5-13(6-4-12)11-17(2)16(18)14-7-9-15(19)10-8-14/h3-10,19H,11H2,1-2H3. The molecule has 0 saturated carbocycles. The number of hydrogen-bond donors (Lipinski definition) is 1. The van der Waals surface area contributed by atoms with Gasteiger partial charge in [0.15, 0.2) is 0 Å². The summed E-state index contributed by atoms with van der Waals surface area (Å²) in [4.78, 5) is 14.8. The molecule has 0 heterocycles. The van der Waals surface area contributed by atoms with Crippen LogP contribution in [0.3, 0.4) is 0 Å². The van der Waals surface area contributed by atoms with E-state index in [9.17, 15) is 4.79 Å². The number of benzene rings is 2. The molecule has 0 aliphatic rings. The van der Waals surface area contributed by atoms with E-state index in [2.05, 4.69) is 43.8 Å². The molecular weight excluding hydrogens is 254 g/mol. The Kier molecular flexibility index (Phi) is 4.27. The van der Waals surface area contributed by atoms with Crippen molar-refractivity contribution in [3.63, 3.8) is 0 Å². The molecule has 1 amide bonds. The first-order chi connectivity index (χ1) is 9.06. The van der Waals surface area contributed by atoms with Gasteiger partial charge >= 0.3 is 0 Å². The summed E-state index contributed by atoms with van der Waals surface area (Å²) in [6.07, 6.45) is 0. The van der Waals surface area contributed by atoms with Crippen molar-refractivity contribution in [1.29, 1.82) is 0 Å². The lowest BCUT2D eigenvalue weighted by Gasteiger charge is -2.17. The van der Waals surface area contributed by atoms with Crippen LogP contribution in [0.2, 0.25) is 0 Å². The molecule has 0 N–H and O–H groups in total. The van der Waals surface area contributed by atoms with Gasteiger partial charge < -0.3 is 4.90 Å². The molecule has 0 aliphatic carbocycles. The topological polar surface area (TPSA) is 20.3 Å². The minimum atomic E-state index is 0.0221. The van der Waals surface area contributed by atoms with Crippen molar-refractivity contribution in [2.45, 2.75) is 18.4 Å². The van der Waals surface area contributed by atoms with Crippen LogP contribution in [0.5, 0.6) is 0 Å². The van der Waals surface area contributed by atoms with Gasteiger partial charge in [-0.05, 0) is 36.8 Å². The van der Waals surface area contributed by atoms with E-state index >= 15 is 0 Å². The average molecular weight is 271 g/mol. The average Bonchev–Trinajstić information content (AvgIpc) is 2.41. The fraction of sp³-hybridized carbons (Fsp3) is 0.188. The predicted octanol–water partition coefficient (Wildman–Crippen LogP) is 3.56. The van der Waals surface area contributed by atoms with Gasteiger partial charge in [0.2, 0.25) is 0 Å². The zero-order valence-corrected chi connectivity index (χ0v) is 12.0. The number of carbonyl (C=O) groups is 1. The fourth-order valence-corrected chi connectivity index (χ4v) is 2.01. The summed E-state index contributed by atoms with van der Waals surface area (Å²) in [5.41, 5.74) is 3.04. The summed E-state index contributed by atoms with van der Waals surface area (Å²) >= 11 is 4.22. The molecule has 3 heteroatoms. The highest BCUT2D eigenvalue weighted by Gasteiger charge is 2.11. The van der Waals surface area contributed by atoms with E-state index in [-0.39, 0.29) is 5.91 Å². The zero-order valence-electron chi connectivity index (χ0n) is 11.1. The van der Waals surface area contributed by atoms with Crippen molar-refractivity contribution in [3.8, 4) is 0 Å². The van der Waals surface area contributed by atoms with Crippen molar-refractivity contribution in [2.75, 3.05) is 7.05 Å². The predicted molar refractivity (Wildman–Crippen MR) is 80.7 cm³/mol. The van der Waals surface area contributed by atoms with Gasteiger partial charge in [-0.25, -0.2) is 0 Å². The number of amides is 1. The Morgan fingerprint density at radius 1 is 1.05 bits per heavy atom. The Morgan fingerprint density at radius 2 is 1.63 bits per heavy atom. The van der Waals surface area contributed by atoms with Crippen molar-refractivity contribution < 1.29 is 4.79 Å². The Hall–Kier alpha value is -1.74. The van der Waals surface area contributed by atoms with E-state index in [0.29, 0.717) is 12.1 Å². The molecule has 0 aromatic heterocycles.